The molecular weight excluding hydrogens is 148 g/mol. The molecule has 4 heteroatoms. The van der Waals surface area contributed by atoms with Crippen LogP contribution in [0.2, 0.25) is 0 Å². The van der Waals surface area contributed by atoms with E-state index < -0.39 is 6.29 Å². The van der Waals surface area contributed by atoms with Crippen LogP contribution >= 0.6 is 0 Å². The minimum absolute atomic E-state index is 0.295. The van der Waals surface area contributed by atoms with E-state index in [4.69, 9.17) is 9.47 Å². The van der Waals surface area contributed by atoms with Crippen LogP contribution in [-0.4, -0.2) is 32.6 Å². The van der Waals surface area contributed by atoms with Gasteiger partial charge in [0.1, 0.15) is 5.92 Å². The zero-order valence-electron chi connectivity index (χ0n) is 6.70. The Morgan fingerprint density at radius 2 is 2.09 bits per heavy atom. The molecule has 0 N–H and O–H groups in total. The molecule has 1 rings (SSSR count). The number of ether oxygens (including phenoxy) is 3. The van der Waals surface area contributed by atoms with Crippen molar-refractivity contribution < 1.29 is 19.0 Å². The fraction of sp³-hybridized carbons (Fsp3) is 0.857. The SMILES string of the molecule is COC(=O)C(C)C1OCCO1. The average molecular weight is 160 g/mol. The van der Waals surface area contributed by atoms with Gasteiger partial charge in [0.15, 0.2) is 6.29 Å². The van der Waals surface area contributed by atoms with Crippen LogP contribution in [0.25, 0.3) is 0 Å². The van der Waals surface area contributed by atoms with E-state index in [-0.39, 0.29) is 11.9 Å². The van der Waals surface area contributed by atoms with Crippen LogP contribution in [0, 0.1) is 5.92 Å². The van der Waals surface area contributed by atoms with Crippen LogP contribution in [0.5, 0.6) is 0 Å². The quantitative estimate of drug-likeness (QED) is 0.540. The Morgan fingerprint density at radius 1 is 1.55 bits per heavy atom. The summed E-state index contributed by atoms with van der Waals surface area (Å²) < 4.78 is 14.8. The monoisotopic (exact) mass is 160 g/mol. The lowest BCUT2D eigenvalue weighted by Crippen LogP contribution is -2.27. The van der Waals surface area contributed by atoms with Crippen LogP contribution in [0.4, 0.5) is 0 Å². The minimum atomic E-state index is -0.414. The number of carbonyl (C=O) groups excluding carboxylic acids is 1. The fourth-order valence-electron chi connectivity index (χ4n) is 0.962. The van der Waals surface area contributed by atoms with E-state index in [0.717, 1.165) is 0 Å². The van der Waals surface area contributed by atoms with Gasteiger partial charge in [0, 0.05) is 0 Å². The molecule has 0 radical (unpaired) electrons. The molecule has 0 spiro atoms. The molecule has 1 aliphatic rings. The van der Waals surface area contributed by atoms with E-state index in [0.29, 0.717) is 13.2 Å². The predicted octanol–water partition coefficient (Wildman–Crippen LogP) is 0.168. The summed E-state index contributed by atoms with van der Waals surface area (Å²) in [6.07, 6.45) is -0.414. The summed E-state index contributed by atoms with van der Waals surface area (Å²) >= 11 is 0. The van der Waals surface area contributed by atoms with Crippen molar-refractivity contribution in [2.24, 2.45) is 5.92 Å². The first-order valence-corrected chi connectivity index (χ1v) is 3.56. The van der Waals surface area contributed by atoms with Gasteiger partial charge in [-0.25, -0.2) is 0 Å². The standard InChI is InChI=1S/C7H12O4/c1-5(6(8)9-2)7-10-3-4-11-7/h5,7H,3-4H2,1-2H3. The maximum absolute atomic E-state index is 10.9. The fourth-order valence-corrected chi connectivity index (χ4v) is 0.962. The topological polar surface area (TPSA) is 44.8 Å². The van der Waals surface area contributed by atoms with Gasteiger partial charge >= 0.3 is 5.97 Å². The molecule has 1 aliphatic heterocycles. The van der Waals surface area contributed by atoms with Crippen molar-refractivity contribution in [2.75, 3.05) is 20.3 Å². The Balaban J connectivity index is 2.39. The van der Waals surface area contributed by atoms with E-state index in [9.17, 15) is 4.79 Å². The normalized spacial score (nSPS) is 21.6. The number of esters is 1. The van der Waals surface area contributed by atoms with Crippen LogP contribution in [0.3, 0.4) is 0 Å². The average Bonchev–Trinajstić information content (AvgIpc) is 2.53. The van der Waals surface area contributed by atoms with Crippen LogP contribution < -0.4 is 0 Å². The highest BCUT2D eigenvalue weighted by atomic mass is 16.7. The molecule has 0 aromatic carbocycles. The van der Waals surface area contributed by atoms with Gasteiger partial charge in [0.25, 0.3) is 0 Å². The van der Waals surface area contributed by atoms with Crippen molar-refractivity contribution in [2.45, 2.75) is 13.2 Å². The number of hydrogen-bond acceptors (Lipinski definition) is 4. The summed E-state index contributed by atoms with van der Waals surface area (Å²) in [5, 5.41) is 0. The van der Waals surface area contributed by atoms with Crippen molar-refractivity contribution in [3.8, 4) is 0 Å². The number of carbonyl (C=O) groups is 1. The molecule has 4 nitrogen and oxygen atoms in total. The third-order valence-electron chi connectivity index (χ3n) is 1.63. The van der Waals surface area contributed by atoms with Gasteiger partial charge in [-0.1, -0.05) is 0 Å². The Morgan fingerprint density at radius 3 is 2.55 bits per heavy atom. The number of rotatable bonds is 2. The summed E-state index contributed by atoms with van der Waals surface area (Å²) in [5.74, 6) is -0.626. The molecular formula is C7H12O4. The molecule has 0 aromatic rings. The highest BCUT2D eigenvalue weighted by Gasteiger charge is 2.29. The van der Waals surface area contributed by atoms with E-state index in [1.165, 1.54) is 7.11 Å². The van der Waals surface area contributed by atoms with Crippen LogP contribution in [0.1, 0.15) is 6.92 Å². The second-order valence-corrected chi connectivity index (χ2v) is 2.42. The van der Waals surface area contributed by atoms with Crippen molar-refractivity contribution in [3.63, 3.8) is 0 Å². The smallest absolute Gasteiger partial charge is 0.313 e. The van der Waals surface area contributed by atoms with E-state index in [2.05, 4.69) is 4.74 Å². The summed E-state index contributed by atoms with van der Waals surface area (Å²) in [6.45, 7) is 2.85. The first-order valence-electron chi connectivity index (χ1n) is 3.56. The first kappa shape index (κ1) is 8.49. The van der Waals surface area contributed by atoms with Crippen molar-refractivity contribution in [1.29, 1.82) is 0 Å². The number of methoxy groups -OCH3 is 1. The van der Waals surface area contributed by atoms with Gasteiger partial charge in [0.05, 0.1) is 20.3 Å². The summed E-state index contributed by atoms with van der Waals surface area (Å²) in [6, 6.07) is 0. The Hall–Kier alpha value is -0.610. The second kappa shape index (κ2) is 3.69. The zero-order valence-corrected chi connectivity index (χ0v) is 6.70. The van der Waals surface area contributed by atoms with Crippen molar-refractivity contribution in [3.05, 3.63) is 0 Å². The molecule has 0 saturated carbocycles. The van der Waals surface area contributed by atoms with Crippen molar-refractivity contribution >= 4 is 5.97 Å². The molecule has 64 valence electrons. The predicted molar refractivity (Wildman–Crippen MR) is 36.9 cm³/mol. The third-order valence-corrected chi connectivity index (χ3v) is 1.63. The highest BCUT2D eigenvalue weighted by Crippen LogP contribution is 2.14. The molecule has 0 amide bonds. The van der Waals surface area contributed by atoms with Gasteiger partial charge < -0.3 is 14.2 Å². The van der Waals surface area contributed by atoms with E-state index in [1.807, 2.05) is 0 Å². The lowest BCUT2D eigenvalue weighted by Gasteiger charge is -2.14. The molecule has 0 aromatic heterocycles. The Labute approximate surface area is 65.4 Å². The summed E-state index contributed by atoms with van der Waals surface area (Å²) in [5.41, 5.74) is 0. The third kappa shape index (κ3) is 1.91. The molecule has 0 bridgehead atoms. The lowest BCUT2D eigenvalue weighted by atomic mass is 10.2. The van der Waals surface area contributed by atoms with Gasteiger partial charge in [-0.05, 0) is 6.92 Å². The maximum Gasteiger partial charge on any atom is 0.313 e. The summed E-state index contributed by atoms with van der Waals surface area (Å²) in [4.78, 5) is 10.9. The van der Waals surface area contributed by atoms with Crippen LogP contribution in [-0.2, 0) is 19.0 Å². The van der Waals surface area contributed by atoms with Crippen molar-refractivity contribution in [1.82, 2.24) is 0 Å². The van der Waals surface area contributed by atoms with Gasteiger partial charge in [0.2, 0.25) is 0 Å². The zero-order chi connectivity index (χ0) is 8.27. The van der Waals surface area contributed by atoms with Gasteiger partial charge in [-0.2, -0.15) is 0 Å². The second-order valence-electron chi connectivity index (χ2n) is 2.42. The van der Waals surface area contributed by atoms with Gasteiger partial charge in [-0.3, -0.25) is 4.79 Å². The maximum atomic E-state index is 10.9. The Bertz CT molecular complexity index is 139. The van der Waals surface area contributed by atoms with Crippen LogP contribution in [0.15, 0.2) is 0 Å². The van der Waals surface area contributed by atoms with Gasteiger partial charge in [-0.15, -0.1) is 0 Å². The molecule has 1 unspecified atom stereocenters. The highest BCUT2D eigenvalue weighted by molar-refractivity contribution is 5.72. The molecule has 11 heavy (non-hydrogen) atoms. The number of hydrogen-bond donors (Lipinski definition) is 0. The first-order chi connectivity index (χ1) is 5.25. The molecule has 1 atom stereocenters. The largest absolute Gasteiger partial charge is 0.469 e. The lowest BCUT2D eigenvalue weighted by molar-refractivity contribution is -0.159. The minimum Gasteiger partial charge on any atom is -0.469 e. The Kier molecular flexibility index (Phi) is 2.84. The molecule has 1 heterocycles. The molecule has 0 aliphatic carbocycles. The molecule has 1 fully saturated rings. The summed E-state index contributed by atoms with van der Waals surface area (Å²) in [7, 11) is 1.35. The van der Waals surface area contributed by atoms with E-state index in [1.54, 1.807) is 6.92 Å². The molecule has 1 saturated heterocycles. The van der Waals surface area contributed by atoms with E-state index >= 15 is 0 Å².